The first kappa shape index (κ1) is 14.8. The second-order valence-corrected chi connectivity index (χ2v) is 4.51. The number of benzene rings is 1. The number of hydrogen-bond donors (Lipinski definition) is 0. The first-order valence-electron chi connectivity index (χ1n) is 6.12. The molecule has 0 aliphatic heterocycles. The molecule has 0 fully saturated rings. The van der Waals surface area contributed by atoms with E-state index in [1.54, 1.807) is 6.08 Å². The molecule has 0 radical (unpaired) electrons. The molecule has 2 rings (SSSR count). The molecule has 0 bridgehead atoms. The Kier molecular flexibility index (Phi) is 4.08. The molecule has 106 valence electrons. The molecule has 1 heterocycles. The summed E-state index contributed by atoms with van der Waals surface area (Å²) < 4.78 is 37.4. The molecular formula is C16H11F3N2. The molecule has 2 aromatic rings. The van der Waals surface area contributed by atoms with Crippen molar-refractivity contribution in [3.63, 3.8) is 0 Å². The van der Waals surface area contributed by atoms with Gasteiger partial charge in [0, 0.05) is 6.20 Å². The number of allylic oxidation sites excluding steroid dienone is 1. The zero-order valence-corrected chi connectivity index (χ0v) is 11.1. The van der Waals surface area contributed by atoms with Gasteiger partial charge in [-0.2, -0.15) is 18.4 Å². The summed E-state index contributed by atoms with van der Waals surface area (Å²) >= 11 is 0. The molecule has 0 saturated carbocycles. The van der Waals surface area contributed by atoms with Crippen molar-refractivity contribution in [2.75, 3.05) is 0 Å². The van der Waals surface area contributed by atoms with E-state index in [1.165, 1.54) is 6.07 Å². The number of halogens is 3. The minimum Gasteiger partial charge on any atom is -0.255 e. The highest BCUT2D eigenvalue weighted by Gasteiger charge is 2.30. The lowest BCUT2D eigenvalue weighted by Crippen LogP contribution is -2.05. The molecule has 0 amide bonds. The van der Waals surface area contributed by atoms with Gasteiger partial charge in [0.15, 0.2) is 0 Å². The van der Waals surface area contributed by atoms with Crippen LogP contribution in [-0.2, 0) is 6.18 Å². The molecule has 0 aliphatic rings. The normalized spacial score (nSPS) is 12.0. The number of rotatable bonds is 2. The lowest BCUT2D eigenvalue weighted by molar-refractivity contribution is -0.137. The third kappa shape index (κ3) is 3.69. The van der Waals surface area contributed by atoms with Gasteiger partial charge in [-0.1, -0.05) is 29.8 Å². The Balaban J connectivity index is 2.36. The molecular weight excluding hydrogens is 277 g/mol. The average molecular weight is 288 g/mol. The average Bonchev–Trinajstić information content (AvgIpc) is 2.44. The maximum atomic E-state index is 12.5. The van der Waals surface area contributed by atoms with E-state index in [0.29, 0.717) is 0 Å². The van der Waals surface area contributed by atoms with E-state index >= 15 is 0 Å². The summed E-state index contributed by atoms with van der Waals surface area (Å²) in [5.41, 5.74) is 1.43. The second kappa shape index (κ2) is 5.80. The molecule has 0 saturated heterocycles. The monoisotopic (exact) mass is 288 g/mol. The number of aromatic nitrogens is 1. The summed E-state index contributed by atoms with van der Waals surface area (Å²) in [6.45, 7) is 1.92. The third-order valence-corrected chi connectivity index (χ3v) is 2.84. The molecule has 0 unspecified atom stereocenters. The molecule has 0 aliphatic carbocycles. The number of nitrogens with zero attached hydrogens (tertiary/aromatic N) is 2. The predicted octanol–water partition coefficient (Wildman–Crippen LogP) is 4.47. The van der Waals surface area contributed by atoms with Crippen molar-refractivity contribution in [1.29, 1.82) is 5.26 Å². The summed E-state index contributed by atoms with van der Waals surface area (Å²) in [4.78, 5) is 3.72. The molecule has 0 N–H and O–H groups in total. The number of aryl methyl sites for hydroxylation is 1. The van der Waals surface area contributed by atoms with Crippen molar-refractivity contribution in [2.24, 2.45) is 0 Å². The summed E-state index contributed by atoms with van der Waals surface area (Å²) in [6, 6.07) is 11.5. The van der Waals surface area contributed by atoms with E-state index in [0.717, 1.165) is 23.4 Å². The van der Waals surface area contributed by atoms with Gasteiger partial charge in [-0.3, -0.25) is 4.98 Å². The number of alkyl halides is 3. The molecule has 0 spiro atoms. The van der Waals surface area contributed by atoms with Crippen molar-refractivity contribution in [3.8, 4) is 6.07 Å². The molecule has 1 aromatic heterocycles. The Bertz CT molecular complexity index is 708. The zero-order chi connectivity index (χ0) is 15.5. The lowest BCUT2D eigenvalue weighted by atomic mass is 10.1. The summed E-state index contributed by atoms with van der Waals surface area (Å²) in [6.07, 6.45) is -2.10. The minimum absolute atomic E-state index is 0.215. The van der Waals surface area contributed by atoms with E-state index < -0.39 is 11.7 Å². The Morgan fingerprint density at radius 2 is 2.00 bits per heavy atom. The Morgan fingerprint density at radius 3 is 2.52 bits per heavy atom. The molecule has 21 heavy (non-hydrogen) atoms. The van der Waals surface area contributed by atoms with Crippen LogP contribution in [-0.4, -0.2) is 4.98 Å². The van der Waals surface area contributed by atoms with E-state index in [-0.39, 0.29) is 11.3 Å². The van der Waals surface area contributed by atoms with Crippen LogP contribution in [0.25, 0.3) is 11.6 Å². The zero-order valence-electron chi connectivity index (χ0n) is 11.1. The van der Waals surface area contributed by atoms with Crippen LogP contribution < -0.4 is 0 Å². The highest BCUT2D eigenvalue weighted by atomic mass is 19.4. The van der Waals surface area contributed by atoms with Gasteiger partial charge in [-0.05, 0) is 30.7 Å². The fourth-order valence-corrected chi connectivity index (χ4v) is 1.81. The van der Waals surface area contributed by atoms with Gasteiger partial charge in [0.2, 0.25) is 0 Å². The predicted molar refractivity (Wildman–Crippen MR) is 73.9 cm³/mol. The third-order valence-electron chi connectivity index (χ3n) is 2.84. The van der Waals surface area contributed by atoms with E-state index in [2.05, 4.69) is 4.98 Å². The Morgan fingerprint density at radius 1 is 1.24 bits per heavy atom. The standard InChI is InChI=1S/C16H11F3N2/c1-11-3-2-4-12(7-11)8-13(9-20)15-6-5-14(10-21-15)16(17,18)19/h2-8,10H,1H3. The minimum atomic E-state index is -4.43. The first-order chi connectivity index (χ1) is 9.90. The van der Waals surface area contributed by atoms with Gasteiger partial charge >= 0.3 is 6.18 Å². The van der Waals surface area contributed by atoms with Crippen molar-refractivity contribution >= 4 is 11.6 Å². The highest BCUT2D eigenvalue weighted by Crippen LogP contribution is 2.29. The van der Waals surface area contributed by atoms with E-state index in [4.69, 9.17) is 5.26 Å². The van der Waals surface area contributed by atoms with E-state index in [1.807, 2.05) is 37.3 Å². The van der Waals surface area contributed by atoms with Gasteiger partial charge in [0.05, 0.1) is 16.8 Å². The number of nitriles is 1. The maximum Gasteiger partial charge on any atom is 0.417 e. The van der Waals surface area contributed by atoms with Gasteiger partial charge in [-0.25, -0.2) is 0 Å². The fourth-order valence-electron chi connectivity index (χ4n) is 1.81. The maximum absolute atomic E-state index is 12.5. The summed E-state index contributed by atoms with van der Waals surface area (Å²) in [5, 5.41) is 9.16. The van der Waals surface area contributed by atoms with Crippen LogP contribution in [0.3, 0.4) is 0 Å². The molecule has 1 aromatic carbocycles. The van der Waals surface area contributed by atoms with Gasteiger partial charge in [0.1, 0.15) is 6.07 Å². The smallest absolute Gasteiger partial charge is 0.255 e. The van der Waals surface area contributed by atoms with Crippen molar-refractivity contribution < 1.29 is 13.2 Å². The molecule has 2 nitrogen and oxygen atoms in total. The topological polar surface area (TPSA) is 36.7 Å². The van der Waals surface area contributed by atoms with Crippen LogP contribution in [0, 0.1) is 18.3 Å². The van der Waals surface area contributed by atoms with Crippen molar-refractivity contribution in [3.05, 3.63) is 65.0 Å². The fraction of sp³-hybridized carbons (Fsp3) is 0.125. The van der Waals surface area contributed by atoms with Crippen LogP contribution in [0.5, 0.6) is 0 Å². The Labute approximate surface area is 120 Å². The van der Waals surface area contributed by atoms with E-state index in [9.17, 15) is 13.2 Å². The molecule has 0 atom stereocenters. The highest BCUT2D eigenvalue weighted by molar-refractivity contribution is 5.88. The first-order valence-corrected chi connectivity index (χ1v) is 6.12. The second-order valence-electron chi connectivity index (χ2n) is 4.51. The largest absolute Gasteiger partial charge is 0.417 e. The summed E-state index contributed by atoms with van der Waals surface area (Å²) in [7, 11) is 0. The van der Waals surface area contributed by atoms with Crippen molar-refractivity contribution in [1.82, 2.24) is 4.98 Å². The molecule has 5 heteroatoms. The van der Waals surface area contributed by atoms with Gasteiger partial charge in [-0.15, -0.1) is 0 Å². The lowest BCUT2D eigenvalue weighted by Gasteiger charge is -2.06. The quantitative estimate of drug-likeness (QED) is 0.764. The van der Waals surface area contributed by atoms with Crippen LogP contribution in [0.4, 0.5) is 13.2 Å². The number of pyridine rings is 1. The van der Waals surface area contributed by atoms with Gasteiger partial charge < -0.3 is 0 Å². The Hall–Kier alpha value is -2.61. The van der Waals surface area contributed by atoms with Crippen LogP contribution in [0.2, 0.25) is 0 Å². The van der Waals surface area contributed by atoms with Gasteiger partial charge in [0.25, 0.3) is 0 Å². The van der Waals surface area contributed by atoms with Crippen LogP contribution in [0.1, 0.15) is 22.4 Å². The summed E-state index contributed by atoms with van der Waals surface area (Å²) in [5.74, 6) is 0. The SMILES string of the molecule is Cc1cccc(C=C(C#N)c2ccc(C(F)(F)F)cn2)c1. The van der Waals surface area contributed by atoms with Crippen LogP contribution in [0.15, 0.2) is 42.6 Å². The number of hydrogen-bond acceptors (Lipinski definition) is 2. The van der Waals surface area contributed by atoms with Crippen molar-refractivity contribution in [2.45, 2.75) is 13.1 Å². The van der Waals surface area contributed by atoms with Crippen LogP contribution >= 0.6 is 0 Å².